The van der Waals surface area contributed by atoms with Gasteiger partial charge in [0.05, 0.1) is 13.1 Å². The van der Waals surface area contributed by atoms with Gasteiger partial charge in [-0.05, 0) is 42.5 Å². The van der Waals surface area contributed by atoms with Gasteiger partial charge >= 0.3 is 6.03 Å². The predicted molar refractivity (Wildman–Crippen MR) is 90.2 cm³/mol. The summed E-state index contributed by atoms with van der Waals surface area (Å²) in [7, 11) is 0. The second kappa shape index (κ2) is 9.62. The molecule has 0 spiro atoms. The molecule has 128 valence electrons. The van der Waals surface area contributed by atoms with Crippen LogP contribution in [0.2, 0.25) is 5.02 Å². The number of urea groups is 1. The molecule has 2 N–H and O–H groups in total. The zero-order valence-electron chi connectivity index (χ0n) is 12.9. The van der Waals surface area contributed by atoms with E-state index in [1.165, 1.54) is 24.3 Å². The number of hydrogen-bond donors (Lipinski definition) is 2. The highest BCUT2D eigenvalue weighted by Gasteiger charge is 2.00. The molecular weight excluding hydrogens is 335 g/mol. The summed E-state index contributed by atoms with van der Waals surface area (Å²) in [5, 5.41) is 5.90. The average Bonchev–Trinajstić information content (AvgIpc) is 2.57. The number of carbonyl (C=O) groups excluding carboxylic acids is 1. The molecule has 0 aromatic heterocycles. The fourth-order valence-corrected chi connectivity index (χ4v) is 2.00. The monoisotopic (exact) mass is 352 g/mol. The van der Waals surface area contributed by atoms with Gasteiger partial charge in [0.15, 0.2) is 0 Å². The molecule has 0 aliphatic heterocycles. The first-order valence-electron chi connectivity index (χ1n) is 7.42. The smallest absolute Gasteiger partial charge is 0.315 e. The normalized spacial score (nSPS) is 10.1. The quantitative estimate of drug-likeness (QED) is 0.717. The Morgan fingerprint density at radius 3 is 2.21 bits per heavy atom. The van der Waals surface area contributed by atoms with Gasteiger partial charge in [-0.25, -0.2) is 9.18 Å². The van der Waals surface area contributed by atoms with Gasteiger partial charge in [-0.1, -0.05) is 17.7 Å². The molecule has 5 nitrogen and oxygen atoms in total. The molecule has 2 aromatic carbocycles. The van der Waals surface area contributed by atoms with E-state index in [0.717, 1.165) is 0 Å². The standard InChI is InChI=1S/C17H18ClFN2O3/c18-13-2-1-3-16(12-13)24-11-9-21-17(22)20-8-10-23-15-6-4-14(19)5-7-15/h1-7,12H,8-11H2,(H2,20,21,22). The van der Waals surface area contributed by atoms with Crippen LogP contribution < -0.4 is 20.1 Å². The van der Waals surface area contributed by atoms with Crippen molar-refractivity contribution in [1.29, 1.82) is 0 Å². The van der Waals surface area contributed by atoms with Crippen LogP contribution in [-0.4, -0.2) is 32.3 Å². The van der Waals surface area contributed by atoms with Crippen molar-refractivity contribution in [3.05, 3.63) is 59.4 Å². The number of benzene rings is 2. The topological polar surface area (TPSA) is 59.6 Å². The molecule has 0 heterocycles. The summed E-state index contributed by atoms with van der Waals surface area (Å²) in [4.78, 5) is 11.6. The molecule has 7 heteroatoms. The van der Waals surface area contributed by atoms with E-state index in [2.05, 4.69) is 10.6 Å². The van der Waals surface area contributed by atoms with Crippen LogP contribution in [0.3, 0.4) is 0 Å². The SMILES string of the molecule is O=C(NCCOc1ccc(F)cc1)NCCOc1cccc(Cl)c1. The maximum absolute atomic E-state index is 12.7. The summed E-state index contributed by atoms with van der Waals surface area (Å²) in [6.45, 7) is 1.31. The van der Waals surface area contributed by atoms with E-state index in [9.17, 15) is 9.18 Å². The minimum atomic E-state index is -0.320. The van der Waals surface area contributed by atoms with E-state index >= 15 is 0 Å². The minimum absolute atomic E-state index is 0.290. The lowest BCUT2D eigenvalue weighted by Crippen LogP contribution is -2.39. The van der Waals surface area contributed by atoms with E-state index in [-0.39, 0.29) is 18.5 Å². The van der Waals surface area contributed by atoms with Crippen molar-refractivity contribution in [2.75, 3.05) is 26.3 Å². The van der Waals surface area contributed by atoms with Crippen LogP contribution >= 0.6 is 11.6 Å². The van der Waals surface area contributed by atoms with Gasteiger partial charge in [-0.3, -0.25) is 0 Å². The molecule has 0 saturated heterocycles. The summed E-state index contributed by atoms with van der Waals surface area (Å²) in [6, 6.07) is 12.4. The molecule has 2 amide bonds. The lowest BCUT2D eigenvalue weighted by molar-refractivity contribution is 0.232. The Bertz CT molecular complexity index is 653. The first kappa shape index (κ1) is 17.9. The van der Waals surface area contributed by atoms with Gasteiger partial charge in [0.1, 0.15) is 30.5 Å². The molecule has 0 unspecified atom stereocenters. The fourth-order valence-electron chi connectivity index (χ4n) is 1.82. The summed E-state index contributed by atoms with van der Waals surface area (Å²) >= 11 is 5.84. The predicted octanol–water partition coefficient (Wildman–Crippen LogP) is 3.24. The van der Waals surface area contributed by atoms with Crippen molar-refractivity contribution in [1.82, 2.24) is 10.6 Å². The second-order valence-corrected chi connectivity index (χ2v) is 5.23. The first-order valence-corrected chi connectivity index (χ1v) is 7.80. The highest BCUT2D eigenvalue weighted by atomic mass is 35.5. The Hall–Kier alpha value is -2.47. The molecule has 0 bridgehead atoms. The van der Waals surface area contributed by atoms with Crippen LogP contribution in [0.15, 0.2) is 48.5 Å². The molecular formula is C17H18ClFN2O3. The number of ether oxygens (including phenoxy) is 2. The molecule has 2 aromatic rings. The Balaban J connectivity index is 1.53. The van der Waals surface area contributed by atoms with Gasteiger partial charge < -0.3 is 20.1 Å². The Morgan fingerprint density at radius 2 is 1.58 bits per heavy atom. The molecule has 2 rings (SSSR count). The van der Waals surface area contributed by atoms with Gasteiger partial charge in [-0.15, -0.1) is 0 Å². The zero-order chi connectivity index (χ0) is 17.2. The van der Waals surface area contributed by atoms with E-state index in [4.69, 9.17) is 21.1 Å². The molecule has 0 aliphatic carbocycles. The first-order chi connectivity index (χ1) is 11.6. The van der Waals surface area contributed by atoms with Gasteiger partial charge in [0.2, 0.25) is 0 Å². The number of nitrogens with one attached hydrogen (secondary N) is 2. The Kier molecular flexibility index (Phi) is 7.17. The summed E-state index contributed by atoms with van der Waals surface area (Å²) < 4.78 is 23.5. The lowest BCUT2D eigenvalue weighted by Gasteiger charge is -2.10. The van der Waals surface area contributed by atoms with Crippen LogP contribution in [0.4, 0.5) is 9.18 Å². The molecule has 0 saturated carbocycles. The van der Waals surface area contributed by atoms with Crippen LogP contribution in [0.5, 0.6) is 11.5 Å². The van der Waals surface area contributed by atoms with E-state index in [1.807, 2.05) is 0 Å². The number of halogens is 2. The van der Waals surface area contributed by atoms with Gasteiger partial charge in [0.25, 0.3) is 0 Å². The summed E-state index contributed by atoms with van der Waals surface area (Å²) in [5.74, 6) is 0.880. The molecule has 24 heavy (non-hydrogen) atoms. The maximum atomic E-state index is 12.7. The van der Waals surface area contributed by atoms with Crippen molar-refractivity contribution >= 4 is 17.6 Å². The average molecular weight is 353 g/mol. The highest BCUT2D eigenvalue weighted by molar-refractivity contribution is 6.30. The van der Waals surface area contributed by atoms with Crippen molar-refractivity contribution in [3.63, 3.8) is 0 Å². The van der Waals surface area contributed by atoms with E-state index in [1.54, 1.807) is 24.3 Å². The van der Waals surface area contributed by atoms with Crippen LogP contribution in [0, 0.1) is 5.82 Å². The maximum Gasteiger partial charge on any atom is 0.315 e. The van der Waals surface area contributed by atoms with Gasteiger partial charge in [0, 0.05) is 5.02 Å². The van der Waals surface area contributed by atoms with Crippen molar-refractivity contribution in [2.45, 2.75) is 0 Å². The summed E-state index contributed by atoms with van der Waals surface area (Å²) in [5.41, 5.74) is 0. The minimum Gasteiger partial charge on any atom is -0.492 e. The number of hydrogen-bond acceptors (Lipinski definition) is 3. The Morgan fingerprint density at radius 1 is 0.958 bits per heavy atom. The third-order valence-corrected chi connectivity index (χ3v) is 3.16. The largest absolute Gasteiger partial charge is 0.492 e. The number of carbonyl (C=O) groups is 1. The molecule has 0 radical (unpaired) electrons. The van der Waals surface area contributed by atoms with E-state index in [0.29, 0.717) is 36.2 Å². The summed E-state index contributed by atoms with van der Waals surface area (Å²) in [6.07, 6.45) is 0. The fraction of sp³-hybridized carbons (Fsp3) is 0.235. The third-order valence-electron chi connectivity index (χ3n) is 2.92. The van der Waals surface area contributed by atoms with Crippen molar-refractivity contribution in [2.24, 2.45) is 0 Å². The molecule has 0 atom stereocenters. The van der Waals surface area contributed by atoms with Crippen LogP contribution in [0.25, 0.3) is 0 Å². The van der Waals surface area contributed by atoms with Crippen LogP contribution in [0.1, 0.15) is 0 Å². The highest BCUT2D eigenvalue weighted by Crippen LogP contribution is 2.16. The van der Waals surface area contributed by atoms with E-state index < -0.39 is 0 Å². The second-order valence-electron chi connectivity index (χ2n) is 4.79. The molecule has 0 fully saturated rings. The number of rotatable bonds is 8. The third kappa shape index (κ3) is 6.75. The Labute approximate surface area is 144 Å². The number of amides is 2. The van der Waals surface area contributed by atoms with Crippen LogP contribution in [-0.2, 0) is 0 Å². The lowest BCUT2D eigenvalue weighted by atomic mass is 10.3. The zero-order valence-corrected chi connectivity index (χ0v) is 13.7. The van der Waals surface area contributed by atoms with Crippen molar-refractivity contribution < 1.29 is 18.7 Å². The molecule has 0 aliphatic rings. The van der Waals surface area contributed by atoms with Gasteiger partial charge in [-0.2, -0.15) is 0 Å². The van der Waals surface area contributed by atoms with Crippen molar-refractivity contribution in [3.8, 4) is 11.5 Å².